The van der Waals surface area contributed by atoms with Crippen molar-refractivity contribution in [1.82, 2.24) is 5.32 Å². The van der Waals surface area contributed by atoms with Crippen LogP contribution in [0.4, 0.5) is 5.69 Å². The van der Waals surface area contributed by atoms with Gasteiger partial charge in [-0.2, -0.15) is 5.26 Å². The van der Waals surface area contributed by atoms with Crippen molar-refractivity contribution in [2.75, 3.05) is 16.8 Å². The SMILES string of the molecule is Cc1ccc(Cl)cc1NC(=O)/C(C#N)=C\NC1CCS(=O)(=O)C1. The molecular formula is C15H16ClN3O3S. The smallest absolute Gasteiger partial charge is 0.267 e. The average molecular weight is 354 g/mol. The largest absolute Gasteiger partial charge is 0.386 e. The molecule has 1 heterocycles. The van der Waals surface area contributed by atoms with Gasteiger partial charge in [-0.3, -0.25) is 4.79 Å². The van der Waals surface area contributed by atoms with Crippen molar-refractivity contribution in [2.45, 2.75) is 19.4 Å². The molecule has 8 heteroatoms. The van der Waals surface area contributed by atoms with Crippen molar-refractivity contribution in [3.8, 4) is 6.07 Å². The number of hydrogen-bond acceptors (Lipinski definition) is 5. The number of aryl methyl sites for hydroxylation is 1. The highest BCUT2D eigenvalue weighted by molar-refractivity contribution is 7.91. The van der Waals surface area contributed by atoms with Crippen LogP contribution in [0.1, 0.15) is 12.0 Å². The van der Waals surface area contributed by atoms with E-state index in [-0.39, 0.29) is 23.1 Å². The number of carbonyl (C=O) groups is 1. The van der Waals surface area contributed by atoms with Gasteiger partial charge in [0.2, 0.25) is 0 Å². The highest BCUT2D eigenvalue weighted by Crippen LogP contribution is 2.20. The fourth-order valence-electron chi connectivity index (χ4n) is 2.19. The molecule has 1 aromatic rings. The van der Waals surface area contributed by atoms with Gasteiger partial charge in [0.1, 0.15) is 11.6 Å². The first-order chi connectivity index (χ1) is 10.8. The summed E-state index contributed by atoms with van der Waals surface area (Å²) in [6, 6.07) is 6.59. The minimum absolute atomic E-state index is 0.0111. The van der Waals surface area contributed by atoms with Crippen LogP contribution in [0.2, 0.25) is 5.02 Å². The number of hydrogen-bond donors (Lipinski definition) is 2. The van der Waals surface area contributed by atoms with Crippen LogP contribution in [-0.4, -0.2) is 31.9 Å². The fourth-order valence-corrected chi connectivity index (χ4v) is 4.05. The second-order valence-electron chi connectivity index (χ2n) is 5.35. The summed E-state index contributed by atoms with van der Waals surface area (Å²) in [4.78, 5) is 12.1. The lowest BCUT2D eigenvalue weighted by Gasteiger charge is -2.10. The number of amides is 1. The topological polar surface area (TPSA) is 99.1 Å². The van der Waals surface area contributed by atoms with Gasteiger partial charge in [0.25, 0.3) is 5.91 Å². The Labute approximate surface area is 140 Å². The number of carbonyl (C=O) groups excluding carboxylic acids is 1. The molecule has 122 valence electrons. The van der Waals surface area contributed by atoms with Crippen molar-refractivity contribution in [1.29, 1.82) is 5.26 Å². The van der Waals surface area contributed by atoms with Gasteiger partial charge in [-0.15, -0.1) is 0 Å². The van der Waals surface area contributed by atoms with Crippen LogP contribution >= 0.6 is 11.6 Å². The predicted molar refractivity (Wildman–Crippen MR) is 88.7 cm³/mol. The molecule has 23 heavy (non-hydrogen) atoms. The Morgan fingerprint density at radius 2 is 2.22 bits per heavy atom. The molecule has 1 fully saturated rings. The van der Waals surface area contributed by atoms with Crippen LogP contribution in [-0.2, 0) is 14.6 Å². The van der Waals surface area contributed by atoms with Gasteiger partial charge in [-0.25, -0.2) is 8.42 Å². The number of nitrogens with zero attached hydrogens (tertiary/aromatic N) is 1. The van der Waals surface area contributed by atoms with Gasteiger partial charge in [0.15, 0.2) is 9.84 Å². The van der Waals surface area contributed by atoms with Crippen LogP contribution in [0.25, 0.3) is 0 Å². The number of rotatable bonds is 4. The lowest BCUT2D eigenvalue weighted by atomic mass is 10.2. The average Bonchev–Trinajstić information content (AvgIpc) is 2.83. The number of nitriles is 1. The van der Waals surface area contributed by atoms with Crippen LogP contribution in [0.15, 0.2) is 30.0 Å². The second-order valence-corrected chi connectivity index (χ2v) is 8.01. The molecule has 1 saturated heterocycles. The zero-order valence-corrected chi connectivity index (χ0v) is 14.0. The Morgan fingerprint density at radius 1 is 1.48 bits per heavy atom. The van der Waals surface area contributed by atoms with Crippen LogP contribution < -0.4 is 10.6 Å². The van der Waals surface area contributed by atoms with Crippen molar-refractivity contribution in [2.24, 2.45) is 0 Å². The molecule has 2 N–H and O–H groups in total. The number of benzene rings is 1. The molecule has 0 radical (unpaired) electrons. The normalized spacial score (nSPS) is 19.9. The third-order valence-electron chi connectivity index (χ3n) is 3.51. The quantitative estimate of drug-likeness (QED) is 0.635. The van der Waals surface area contributed by atoms with E-state index in [4.69, 9.17) is 16.9 Å². The van der Waals surface area contributed by atoms with Crippen molar-refractivity contribution in [3.63, 3.8) is 0 Å². The summed E-state index contributed by atoms with van der Waals surface area (Å²) >= 11 is 5.89. The van der Waals surface area contributed by atoms with Crippen LogP contribution in [0, 0.1) is 18.3 Å². The highest BCUT2D eigenvalue weighted by atomic mass is 35.5. The first kappa shape index (κ1) is 17.3. The molecule has 0 aliphatic carbocycles. The molecule has 0 saturated carbocycles. The fraction of sp³-hybridized carbons (Fsp3) is 0.333. The monoisotopic (exact) mass is 353 g/mol. The number of nitrogens with one attached hydrogen (secondary N) is 2. The molecule has 1 aromatic carbocycles. The zero-order valence-electron chi connectivity index (χ0n) is 12.5. The van der Waals surface area contributed by atoms with Crippen molar-refractivity contribution < 1.29 is 13.2 Å². The zero-order chi connectivity index (χ0) is 17.0. The third-order valence-corrected chi connectivity index (χ3v) is 5.51. The Bertz CT molecular complexity index is 797. The van der Waals surface area contributed by atoms with Gasteiger partial charge in [-0.05, 0) is 31.0 Å². The Morgan fingerprint density at radius 3 is 2.83 bits per heavy atom. The summed E-state index contributed by atoms with van der Waals surface area (Å²) in [5, 5.41) is 15.0. The van der Waals surface area contributed by atoms with E-state index in [2.05, 4.69) is 10.6 Å². The molecule has 6 nitrogen and oxygen atoms in total. The molecule has 1 unspecified atom stereocenters. The van der Waals surface area contributed by atoms with E-state index < -0.39 is 15.7 Å². The van der Waals surface area contributed by atoms with Gasteiger partial charge in [0.05, 0.1) is 11.5 Å². The maximum Gasteiger partial charge on any atom is 0.267 e. The van der Waals surface area contributed by atoms with E-state index in [1.165, 1.54) is 6.20 Å². The molecule has 1 aliphatic rings. The predicted octanol–water partition coefficient (Wildman–Crippen LogP) is 1.77. The molecular weight excluding hydrogens is 338 g/mol. The molecule has 0 bridgehead atoms. The lowest BCUT2D eigenvalue weighted by Crippen LogP contribution is -2.27. The summed E-state index contributed by atoms with van der Waals surface area (Å²) in [6.07, 6.45) is 1.73. The van der Waals surface area contributed by atoms with Crippen molar-refractivity contribution >= 4 is 33.0 Å². The summed E-state index contributed by atoms with van der Waals surface area (Å²) in [6.45, 7) is 1.81. The van der Waals surface area contributed by atoms with E-state index in [9.17, 15) is 13.2 Å². The molecule has 1 aliphatic heterocycles. The lowest BCUT2D eigenvalue weighted by molar-refractivity contribution is -0.112. The summed E-state index contributed by atoms with van der Waals surface area (Å²) in [5.74, 6) is -0.447. The minimum atomic E-state index is -3.02. The maximum atomic E-state index is 12.1. The standard InChI is InChI=1S/C15H16ClN3O3S/c1-10-2-3-12(16)6-14(10)19-15(20)11(7-17)8-18-13-4-5-23(21,22)9-13/h2-3,6,8,13,18H,4-5,9H2,1H3,(H,19,20)/b11-8-. The molecule has 0 spiro atoms. The van der Waals surface area contributed by atoms with E-state index in [0.717, 1.165) is 5.56 Å². The van der Waals surface area contributed by atoms with Crippen LogP contribution in [0.3, 0.4) is 0 Å². The number of sulfone groups is 1. The van der Waals surface area contributed by atoms with Gasteiger partial charge in [-0.1, -0.05) is 17.7 Å². The van der Waals surface area contributed by atoms with Gasteiger partial charge < -0.3 is 10.6 Å². The van der Waals surface area contributed by atoms with Gasteiger partial charge >= 0.3 is 0 Å². The Hall–Kier alpha value is -2.04. The second kappa shape index (κ2) is 7.02. The number of halogens is 1. The molecule has 0 aromatic heterocycles. The van der Waals surface area contributed by atoms with Crippen LogP contribution in [0.5, 0.6) is 0 Å². The number of anilines is 1. The first-order valence-corrected chi connectivity index (χ1v) is 9.15. The van der Waals surface area contributed by atoms with E-state index in [1.54, 1.807) is 24.3 Å². The Kier molecular flexibility index (Phi) is 5.29. The van der Waals surface area contributed by atoms with E-state index >= 15 is 0 Å². The van der Waals surface area contributed by atoms with Crippen molar-refractivity contribution in [3.05, 3.63) is 40.6 Å². The Balaban J connectivity index is 2.05. The maximum absolute atomic E-state index is 12.1. The summed E-state index contributed by atoms with van der Waals surface area (Å²) < 4.78 is 22.8. The first-order valence-electron chi connectivity index (χ1n) is 6.95. The summed E-state index contributed by atoms with van der Waals surface area (Å²) in [7, 11) is -3.02. The molecule has 2 rings (SSSR count). The van der Waals surface area contributed by atoms with E-state index in [1.807, 2.05) is 6.92 Å². The highest BCUT2D eigenvalue weighted by Gasteiger charge is 2.27. The van der Waals surface area contributed by atoms with E-state index in [0.29, 0.717) is 17.1 Å². The molecule has 1 atom stereocenters. The third kappa shape index (κ3) is 4.71. The van der Waals surface area contributed by atoms with Gasteiger partial charge in [0, 0.05) is 23.0 Å². The molecule has 1 amide bonds. The minimum Gasteiger partial charge on any atom is -0.386 e. The summed E-state index contributed by atoms with van der Waals surface area (Å²) in [5.41, 5.74) is 1.20.